The summed E-state index contributed by atoms with van der Waals surface area (Å²) in [6.45, 7) is 2.18. The molecule has 0 radical (unpaired) electrons. The Morgan fingerprint density at radius 1 is 0.905 bits per heavy atom. The van der Waals surface area contributed by atoms with Crippen LogP contribution in [0.3, 0.4) is 0 Å². The van der Waals surface area contributed by atoms with Gasteiger partial charge >= 0.3 is 0 Å². The molecule has 0 saturated heterocycles. The molecule has 0 aromatic heterocycles. The van der Waals surface area contributed by atoms with Crippen LogP contribution >= 0.6 is 15.9 Å². The van der Waals surface area contributed by atoms with Crippen LogP contribution in [0, 0.1) is 6.92 Å². The predicted molar refractivity (Wildman–Crippen MR) is 93.7 cm³/mol. The van der Waals surface area contributed by atoms with Crippen molar-refractivity contribution in [1.82, 2.24) is 0 Å². The molecule has 1 atom stereocenters. The SMILES string of the molecule is Cc1cc(C2C=Cc3ccccc32)c2c(Br)cccc2c1. The van der Waals surface area contributed by atoms with E-state index in [2.05, 4.69) is 89.6 Å². The molecule has 1 aliphatic carbocycles. The molecule has 1 heteroatoms. The molecule has 0 amide bonds. The highest BCUT2D eigenvalue weighted by Crippen LogP contribution is 2.40. The van der Waals surface area contributed by atoms with E-state index in [0.29, 0.717) is 5.92 Å². The topological polar surface area (TPSA) is 0 Å². The van der Waals surface area contributed by atoms with Gasteiger partial charge in [-0.3, -0.25) is 0 Å². The van der Waals surface area contributed by atoms with Gasteiger partial charge in [-0.2, -0.15) is 0 Å². The van der Waals surface area contributed by atoms with Crippen LogP contribution in [0.1, 0.15) is 28.2 Å². The summed E-state index contributed by atoms with van der Waals surface area (Å²) in [5.74, 6) is 0.349. The van der Waals surface area contributed by atoms with E-state index >= 15 is 0 Å². The number of rotatable bonds is 1. The van der Waals surface area contributed by atoms with Crippen LogP contribution in [0.4, 0.5) is 0 Å². The lowest BCUT2D eigenvalue weighted by Gasteiger charge is -2.16. The van der Waals surface area contributed by atoms with Gasteiger partial charge in [0.05, 0.1) is 0 Å². The van der Waals surface area contributed by atoms with Crippen molar-refractivity contribution in [2.45, 2.75) is 12.8 Å². The van der Waals surface area contributed by atoms with Crippen LogP contribution < -0.4 is 0 Å². The number of benzene rings is 3. The highest BCUT2D eigenvalue weighted by Gasteiger charge is 2.21. The molecular formula is C20H15Br. The van der Waals surface area contributed by atoms with Crippen molar-refractivity contribution in [3.63, 3.8) is 0 Å². The molecule has 1 aliphatic rings. The van der Waals surface area contributed by atoms with E-state index < -0.39 is 0 Å². The predicted octanol–water partition coefficient (Wildman–Crippen LogP) is 6.07. The minimum Gasteiger partial charge on any atom is -0.0720 e. The number of hydrogen-bond donors (Lipinski definition) is 0. The molecule has 0 fully saturated rings. The Morgan fingerprint density at radius 2 is 1.76 bits per heavy atom. The summed E-state index contributed by atoms with van der Waals surface area (Å²) < 4.78 is 1.17. The zero-order valence-electron chi connectivity index (χ0n) is 11.8. The maximum atomic E-state index is 3.74. The van der Waals surface area contributed by atoms with E-state index in [9.17, 15) is 0 Å². The first-order valence-corrected chi connectivity index (χ1v) is 7.99. The van der Waals surface area contributed by atoms with Gasteiger partial charge in [0, 0.05) is 15.8 Å². The van der Waals surface area contributed by atoms with Crippen molar-refractivity contribution in [3.05, 3.63) is 87.4 Å². The average molecular weight is 335 g/mol. The maximum Gasteiger partial charge on any atom is 0.0285 e. The van der Waals surface area contributed by atoms with Gasteiger partial charge in [-0.25, -0.2) is 0 Å². The van der Waals surface area contributed by atoms with Gasteiger partial charge < -0.3 is 0 Å². The molecule has 21 heavy (non-hydrogen) atoms. The molecule has 4 rings (SSSR count). The van der Waals surface area contributed by atoms with Gasteiger partial charge in [-0.05, 0) is 35.1 Å². The van der Waals surface area contributed by atoms with Crippen molar-refractivity contribution in [3.8, 4) is 0 Å². The molecular weight excluding hydrogens is 320 g/mol. The summed E-state index contributed by atoms with van der Waals surface area (Å²) in [5.41, 5.74) is 5.44. The summed E-state index contributed by atoms with van der Waals surface area (Å²) in [5, 5.41) is 2.63. The third kappa shape index (κ3) is 2.04. The third-order valence-corrected chi connectivity index (χ3v) is 4.90. The Labute approximate surface area is 133 Å². The van der Waals surface area contributed by atoms with E-state index in [0.717, 1.165) is 0 Å². The van der Waals surface area contributed by atoms with Crippen molar-refractivity contribution in [2.75, 3.05) is 0 Å². The smallest absolute Gasteiger partial charge is 0.0285 e. The Kier molecular flexibility index (Phi) is 2.97. The Morgan fingerprint density at radius 3 is 2.67 bits per heavy atom. The highest BCUT2D eigenvalue weighted by atomic mass is 79.9. The second kappa shape index (κ2) is 4.85. The fraction of sp³-hybridized carbons (Fsp3) is 0.100. The number of halogens is 1. The van der Waals surface area contributed by atoms with Crippen LogP contribution in [-0.2, 0) is 0 Å². The summed E-state index contributed by atoms with van der Waals surface area (Å²) in [7, 11) is 0. The largest absolute Gasteiger partial charge is 0.0720 e. The first-order valence-electron chi connectivity index (χ1n) is 7.20. The summed E-state index contributed by atoms with van der Waals surface area (Å²) in [6.07, 6.45) is 4.56. The Hall–Kier alpha value is -1.86. The summed E-state index contributed by atoms with van der Waals surface area (Å²) in [4.78, 5) is 0. The van der Waals surface area contributed by atoms with Crippen LogP contribution in [0.15, 0.2) is 65.1 Å². The molecule has 102 valence electrons. The minimum atomic E-state index is 0.349. The first kappa shape index (κ1) is 12.8. The molecule has 0 N–H and O–H groups in total. The van der Waals surface area contributed by atoms with Gasteiger partial charge in [-0.1, -0.05) is 82.2 Å². The molecule has 0 heterocycles. The number of hydrogen-bond acceptors (Lipinski definition) is 0. The molecule has 0 saturated carbocycles. The second-order valence-corrected chi connectivity index (χ2v) is 6.51. The summed E-state index contributed by atoms with van der Waals surface area (Å²) in [6, 6.07) is 19.7. The number of aryl methyl sites for hydroxylation is 1. The van der Waals surface area contributed by atoms with Crippen LogP contribution in [0.25, 0.3) is 16.8 Å². The second-order valence-electron chi connectivity index (χ2n) is 5.66. The third-order valence-electron chi connectivity index (χ3n) is 4.24. The molecule has 0 spiro atoms. The zero-order valence-corrected chi connectivity index (χ0v) is 13.4. The van der Waals surface area contributed by atoms with Crippen LogP contribution in [0.2, 0.25) is 0 Å². The quantitative estimate of drug-likeness (QED) is 0.506. The Bertz CT molecular complexity index is 874. The summed E-state index contributed by atoms with van der Waals surface area (Å²) >= 11 is 3.74. The van der Waals surface area contributed by atoms with E-state index in [1.807, 2.05) is 0 Å². The minimum absolute atomic E-state index is 0.349. The molecule has 1 unspecified atom stereocenters. The van der Waals surface area contributed by atoms with Crippen molar-refractivity contribution in [1.29, 1.82) is 0 Å². The van der Waals surface area contributed by atoms with Crippen LogP contribution in [-0.4, -0.2) is 0 Å². The maximum absolute atomic E-state index is 3.74. The van der Waals surface area contributed by atoms with Crippen LogP contribution in [0.5, 0.6) is 0 Å². The van der Waals surface area contributed by atoms with Crippen molar-refractivity contribution < 1.29 is 0 Å². The van der Waals surface area contributed by atoms with Gasteiger partial charge in [0.25, 0.3) is 0 Å². The molecule has 0 aliphatic heterocycles. The van der Waals surface area contributed by atoms with Gasteiger partial charge in [0.2, 0.25) is 0 Å². The molecule has 3 aromatic carbocycles. The van der Waals surface area contributed by atoms with E-state index in [4.69, 9.17) is 0 Å². The Balaban J connectivity index is 2.02. The van der Waals surface area contributed by atoms with E-state index in [-0.39, 0.29) is 0 Å². The standard InChI is InChI=1S/C20H15Br/c1-13-11-15-6-4-8-19(21)20(15)18(12-13)17-10-9-14-5-2-3-7-16(14)17/h2-12,17H,1H3. The van der Waals surface area contributed by atoms with E-state index in [1.165, 1.54) is 37.5 Å². The van der Waals surface area contributed by atoms with E-state index in [1.54, 1.807) is 0 Å². The fourth-order valence-corrected chi connectivity index (χ4v) is 3.95. The molecule has 0 bridgehead atoms. The average Bonchev–Trinajstić information content (AvgIpc) is 2.90. The zero-order chi connectivity index (χ0) is 14.4. The number of fused-ring (bicyclic) bond motifs is 2. The lowest BCUT2D eigenvalue weighted by atomic mass is 9.88. The van der Waals surface area contributed by atoms with Gasteiger partial charge in [0.15, 0.2) is 0 Å². The molecule has 3 aromatic rings. The monoisotopic (exact) mass is 334 g/mol. The van der Waals surface area contributed by atoms with Crippen molar-refractivity contribution in [2.24, 2.45) is 0 Å². The fourth-order valence-electron chi connectivity index (χ4n) is 3.34. The number of allylic oxidation sites excluding steroid dienone is 1. The molecule has 0 nitrogen and oxygen atoms in total. The highest BCUT2D eigenvalue weighted by molar-refractivity contribution is 9.10. The lowest BCUT2D eigenvalue weighted by Crippen LogP contribution is -1.98. The first-order chi connectivity index (χ1) is 10.2. The van der Waals surface area contributed by atoms with Gasteiger partial charge in [-0.15, -0.1) is 0 Å². The lowest BCUT2D eigenvalue weighted by molar-refractivity contribution is 1.06. The van der Waals surface area contributed by atoms with Crippen molar-refractivity contribution >= 4 is 32.8 Å². The normalized spacial score (nSPS) is 16.4. The van der Waals surface area contributed by atoms with Gasteiger partial charge in [0.1, 0.15) is 0 Å².